The van der Waals surface area contributed by atoms with E-state index in [9.17, 15) is 9.59 Å². The summed E-state index contributed by atoms with van der Waals surface area (Å²) in [5.41, 5.74) is 6.32. The topological polar surface area (TPSA) is 130 Å². The van der Waals surface area contributed by atoms with Gasteiger partial charge in [0, 0.05) is 41.4 Å². The molecule has 30 heavy (non-hydrogen) atoms. The van der Waals surface area contributed by atoms with Crippen LogP contribution in [0.1, 0.15) is 23.8 Å². The van der Waals surface area contributed by atoms with Crippen LogP contribution in [0.4, 0.5) is 17.5 Å². The number of carbonyl (C=O) groups is 2. The molecule has 3 aromatic rings. The summed E-state index contributed by atoms with van der Waals surface area (Å²) in [7, 11) is 0. The second-order valence-electron chi connectivity index (χ2n) is 6.63. The van der Waals surface area contributed by atoms with Gasteiger partial charge in [0.2, 0.25) is 0 Å². The molecule has 3 N–H and O–H groups in total. The molecular formula is C20H24N8O2. The average Bonchev–Trinajstić information content (AvgIpc) is 2.80. The SMILES string of the molecule is Nc1ncc(N2CCN(C(=O)c3ccccn3)CC2)nc1C(=O)Nc1ccccn1.[HH].[HH]. The van der Waals surface area contributed by atoms with Gasteiger partial charge in [0.1, 0.15) is 17.3 Å². The normalized spacial score (nSPS) is 13.7. The number of hydrogen-bond acceptors (Lipinski definition) is 8. The highest BCUT2D eigenvalue weighted by atomic mass is 16.2. The minimum absolute atomic E-state index is 0. The molecule has 0 spiro atoms. The maximum atomic E-state index is 12.6. The highest BCUT2D eigenvalue weighted by molar-refractivity contribution is 6.05. The third-order valence-electron chi connectivity index (χ3n) is 4.68. The van der Waals surface area contributed by atoms with E-state index >= 15 is 0 Å². The molecule has 10 nitrogen and oxygen atoms in total. The van der Waals surface area contributed by atoms with Crippen LogP contribution >= 0.6 is 0 Å². The van der Waals surface area contributed by atoms with Crippen molar-refractivity contribution < 1.29 is 12.4 Å². The predicted molar refractivity (Wildman–Crippen MR) is 115 cm³/mol. The van der Waals surface area contributed by atoms with Crippen LogP contribution in [0, 0.1) is 0 Å². The quantitative estimate of drug-likeness (QED) is 0.665. The van der Waals surface area contributed by atoms with E-state index in [4.69, 9.17) is 5.73 Å². The van der Waals surface area contributed by atoms with E-state index in [2.05, 4.69) is 25.3 Å². The highest BCUT2D eigenvalue weighted by Gasteiger charge is 2.25. The van der Waals surface area contributed by atoms with Gasteiger partial charge in [-0.25, -0.2) is 15.0 Å². The summed E-state index contributed by atoms with van der Waals surface area (Å²) in [6, 6.07) is 10.5. The van der Waals surface area contributed by atoms with Crippen LogP contribution in [0.25, 0.3) is 0 Å². The van der Waals surface area contributed by atoms with Gasteiger partial charge in [-0.05, 0) is 24.3 Å². The molecule has 156 valence electrons. The Morgan fingerprint density at radius 3 is 2.37 bits per heavy atom. The summed E-state index contributed by atoms with van der Waals surface area (Å²) >= 11 is 0. The van der Waals surface area contributed by atoms with Gasteiger partial charge in [-0.3, -0.25) is 14.6 Å². The van der Waals surface area contributed by atoms with Crippen molar-refractivity contribution >= 4 is 29.3 Å². The zero-order valence-electron chi connectivity index (χ0n) is 16.1. The molecule has 0 saturated carbocycles. The van der Waals surface area contributed by atoms with Crippen molar-refractivity contribution in [2.45, 2.75) is 0 Å². The Morgan fingerprint density at radius 1 is 0.967 bits per heavy atom. The number of nitrogens with zero attached hydrogens (tertiary/aromatic N) is 6. The van der Waals surface area contributed by atoms with Crippen LogP contribution < -0.4 is 16.0 Å². The Hall–Kier alpha value is -4.08. The number of carbonyl (C=O) groups excluding carboxylic acids is 2. The molecule has 0 unspecified atom stereocenters. The Balaban J connectivity index is 0.00000181. The van der Waals surface area contributed by atoms with Crippen LogP contribution in [0.3, 0.4) is 0 Å². The fraction of sp³-hybridized carbons (Fsp3) is 0.200. The van der Waals surface area contributed by atoms with Crippen LogP contribution in [0.2, 0.25) is 0 Å². The van der Waals surface area contributed by atoms with Crippen molar-refractivity contribution in [3.63, 3.8) is 0 Å². The number of nitrogens with one attached hydrogen (secondary N) is 1. The minimum Gasteiger partial charge on any atom is -0.382 e. The predicted octanol–water partition coefficient (Wildman–Crippen LogP) is 1.56. The molecule has 4 heterocycles. The van der Waals surface area contributed by atoms with Gasteiger partial charge in [0.25, 0.3) is 11.8 Å². The van der Waals surface area contributed by atoms with Gasteiger partial charge in [-0.15, -0.1) is 0 Å². The van der Waals surface area contributed by atoms with E-state index in [0.29, 0.717) is 43.5 Å². The maximum absolute atomic E-state index is 12.6. The number of hydrogen-bond donors (Lipinski definition) is 2. The van der Waals surface area contributed by atoms with Crippen LogP contribution in [-0.4, -0.2) is 62.8 Å². The van der Waals surface area contributed by atoms with Gasteiger partial charge in [-0.2, -0.15) is 0 Å². The van der Waals surface area contributed by atoms with E-state index in [-0.39, 0.29) is 20.3 Å². The van der Waals surface area contributed by atoms with Gasteiger partial charge < -0.3 is 20.9 Å². The summed E-state index contributed by atoms with van der Waals surface area (Å²) in [6.07, 6.45) is 4.71. The lowest BCUT2D eigenvalue weighted by molar-refractivity contribution is 0.0740. The number of nitrogen functional groups attached to an aromatic ring is 1. The molecule has 1 saturated heterocycles. The number of pyridine rings is 2. The van der Waals surface area contributed by atoms with E-state index < -0.39 is 5.91 Å². The summed E-state index contributed by atoms with van der Waals surface area (Å²) in [5, 5.41) is 2.66. The largest absolute Gasteiger partial charge is 0.382 e. The number of anilines is 3. The zero-order valence-corrected chi connectivity index (χ0v) is 16.1. The molecule has 1 fully saturated rings. The summed E-state index contributed by atoms with van der Waals surface area (Å²) in [4.78, 5) is 45.5. The smallest absolute Gasteiger partial charge is 0.279 e. The molecule has 1 aliphatic rings. The Kier molecular flexibility index (Phi) is 5.46. The van der Waals surface area contributed by atoms with E-state index in [1.807, 2.05) is 4.90 Å². The second kappa shape index (κ2) is 8.52. The fourth-order valence-electron chi connectivity index (χ4n) is 3.11. The van der Waals surface area contributed by atoms with Crippen molar-refractivity contribution in [2.75, 3.05) is 42.1 Å². The fourth-order valence-corrected chi connectivity index (χ4v) is 3.11. The van der Waals surface area contributed by atoms with Crippen molar-refractivity contribution in [1.29, 1.82) is 0 Å². The molecule has 3 aromatic heterocycles. The average molecular weight is 408 g/mol. The monoisotopic (exact) mass is 408 g/mol. The van der Waals surface area contributed by atoms with E-state index in [0.717, 1.165) is 0 Å². The third kappa shape index (κ3) is 4.17. The molecule has 10 heteroatoms. The van der Waals surface area contributed by atoms with Gasteiger partial charge in [0.15, 0.2) is 11.5 Å². The molecule has 0 bridgehead atoms. The number of rotatable bonds is 4. The van der Waals surface area contributed by atoms with E-state index in [1.54, 1.807) is 53.7 Å². The second-order valence-corrected chi connectivity index (χ2v) is 6.63. The molecule has 0 atom stereocenters. The van der Waals surface area contributed by atoms with Gasteiger partial charge in [-0.1, -0.05) is 12.1 Å². The molecular weight excluding hydrogens is 384 g/mol. The summed E-state index contributed by atoms with van der Waals surface area (Å²) in [5.74, 6) is 0.380. The van der Waals surface area contributed by atoms with Gasteiger partial charge in [0.05, 0.1) is 6.20 Å². The van der Waals surface area contributed by atoms with Crippen molar-refractivity contribution in [1.82, 2.24) is 24.8 Å². The Morgan fingerprint density at radius 2 is 1.70 bits per heavy atom. The first kappa shape index (κ1) is 19.2. The summed E-state index contributed by atoms with van der Waals surface area (Å²) in [6.45, 7) is 2.13. The number of piperazine rings is 1. The zero-order chi connectivity index (χ0) is 20.9. The Bertz CT molecular complexity index is 1050. The Labute approximate surface area is 175 Å². The van der Waals surface area contributed by atoms with Crippen molar-refractivity contribution in [3.05, 3.63) is 66.4 Å². The minimum atomic E-state index is -0.482. The molecule has 2 amide bonds. The van der Waals surface area contributed by atoms with Crippen LogP contribution in [-0.2, 0) is 0 Å². The third-order valence-corrected chi connectivity index (χ3v) is 4.68. The van der Waals surface area contributed by atoms with Gasteiger partial charge >= 0.3 is 0 Å². The number of amides is 2. The lowest BCUT2D eigenvalue weighted by atomic mass is 10.2. The molecule has 1 aliphatic heterocycles. The molecule has 0 radical (unpaired) electrons. The number of nitrogens with two attached hydrogens (primary N) is 1. The lowest BCUT2D eigenvalue weighted by Crippen LogP contribution is -2.49. The lowest BCUT2D eigenvalue weighted by Gasteiger charge is -2.35. The number of aromatic nitrogens is 4. The maximum Gasteiger partial charge on any atom is 0.279 e. The van der Waals surface area contributed by atoms with Crippen molar-refractivity contribution in [3.8, 4) is 0 Å². The van der Waals surface area contributed by atoms with Crippen LogP contribution in [0.5, 0.6) is 0 Å². The van der Waals surface area contributed by atoms with Crippen LogP contribution in [0.15, 0.2) is 55.0 Å². The first-order valence-corrected chi connectivity index (χ1v) is 9.42. The standard InChI is InChI=1S/C20H20N8O2.2H2/c21-18-17(19(29)25-15-6-2-4-8-23-15)26-16(13-24-18)27-9-11-28(12-10-27)20(30)14-5-1-3-7-22-14;;/h1-8,13H,9-12H2,(H2,21,24)(H,23,25,29);2*1H. The molecule has 0 aromatic carbocycles. The first-order chi connectivity index (χ1) is 14.6. The first-order valence-electron chi connectivity index (χ1n) is 9.42. The molecule has 4 rings (SSSR count). The molecule has 0 aliphatic carbocycles. The highest BCUT2D eigenvalue weighted by Crippen LogP contribution is 2.18. The van der Waals surface area contributed by atoms with Crippen molar-refractivity contribution in [2.24, 2.45) is 0 Å². The van der Waals surface area contributed by atoms with E-state index in [1.165, 1.54) is 6.20 Å². The summed E-state index contributed by atoms with van der Waals surface area (Å²) < 4.78 is 0.